The molecule has 15 heavy (non-hydrogen) atoms. The molecule has 2 atom stereocenters. The molecule has 2 rings (SSSR count). The predicted molar refractivity (Wildman–Crippen MR) is 61.8 cm³/mol. The van der Waals surface area contributed by atoms with Crippen LogP contribution in [0.3, 0.4) is 0 Å². The van der Waals surface area contributed by atoms with Gasteiger partial charge in [-0.15, -0.1) is 0 Å². The van der Waals surface area contributed by atoms with Crippen molar-refractivity contribution >= 4 is 0 Å². The van der Waals surface area contributed by atoms with E-state index in [2.05, 4.69) is 30.8 Å². The van der Waals surface area contributed by atoms with E-state index >= 15 is 0 Å². The van der Waals surface area contributed by atoms with Crippen LogP contribution >= 0.6 is 0 Å². The van der Waals surface area contributed by atoms with Gasteiger partial charge in [-0.3, -0.25) is 4.90 Å². The van der Waals surface area contributed by atoms with Crippen molar-refractivity contribution in [2.45, 2.75) is 19.8 Å². The van der Waals surface area contributed by atoms with E-state index in [1.807, 2.05) is 0 Å². The van der Waals surface area contributed by atoms with Gasteiger partial charge in [0.25, 0.3) is 0 Å². The normalized spacial score (nSPS) is 37.2. The standard InChI is InChI=1S/C12H24N2O/c1-4-13(2)8-11-7-12(11)5-6-14(3)10-15-9-12/h11H,4-10H2,1-3H3/t11?,12-/m0/s1. The summed E-state index contributed by atoms with van der Waals surface area (Å²) in [6.07, 6.45) is 2.71. The molecule has 88 valence electrons. The van der Waals surface area contributed by atoms with Crippen LogP contribution in [0.5, 0.6) is 0 Å². The number of ether oxygens (including phenoxy) is 1. The summed E-state index contributed by atoms with van der Waals surface area (Å²) in [6, 6.07) is 0. The van der Waals surface area contributed by atoms with Crippen molar-refractivity contribution in [1.82, 2.24) is 9.80 Å². The highest BCUT2D eigenvalue weighted by molar-refractivity contribution is 5.04. The molecule has 0 bridgehead atoms. The monoisotopic (exact) mass is 212 g/mol. The summed E-state index contributed by atoms with van der Waals surface area (Å²) in [5.74, 6) is 0.883. The molecule has 1 aliphatic carbocycles. The lowest BCUT2D eigenvalue weighted by molar-refractivity contribution is 0.0446. The molecule has 1 saturated heterocycles. The number of hydrogen-bond donors (Lipinski definition) is 0. The largest absolute Gasteiger partial charge is 0.365 e. The van der Waals surface area contributed by atoms with Crippen molar-refractivity contribution in [1.29, 1.82) is 0 Å². The summed E-state index contributed by atoms with van der Waals surface area (Å²) in [5.41, 5.74) is 0.536. The molecule has 0 aromatic rings. The van der Waals surface area contributed by atoms with E-state index in [-0.39, 0.29) is 0 Å². The third kappa shape index (κ3) is 2.52. The molecule has 2 aliphatic rings. The van der Waals surface area contributed by atoms with Gasteiger partial charge < -0.3 is 9.64 Å². The van der Waals surface area contributed by atoms with Crippen molar-refractivity contribution in [3.8, 4) is 0 Å². The van der Waals surface area contributed by atoms with Gasteiger partial charge in [-0.2, -0.15) is 0 Å². The van der Waals surface area contributed by atoms with E-state index < -0.39 is 0 Å². The van der Waals surface area contributed by atoms with Gasteiger partial charge >= 0.3 is 0 Å². The summed E-state index contributed by atoms with van der Waals surface area (Å²) in [5, 5.41) is 0. The molecule has 0 aromatic heterocycles. The van der Waals surface area contributed by atoms with Crippen LogP contribution in [-0.4, -0.2) is 56.9 Å². The Bertz CT molecular complexity index is 222. The van der Waals surface area contributed by atoms with E-state index in [1.165, 1.54) is 25.9 Å². The van der Waals surface area contributed by atoms with Crippen LogP contribution in [-0.2, 0) is 4.74 Å². The molecule has 0 N–H and O–H groups in total. The van der Waals surface area contributed by atoms with Gasteiger partial charge in [-0.05, 0) is 44.8 Å². The van der Waals surface area contributed by atoms with Crippen LogP contribution in [0.15, 0.2) is 0 Å². The molecular weight excluding hydrogens is 188 g/mol. The molecule has 2 fully saturated rings. The first kappa shape index (κ1) is 11.4. The van der Waals surface area contributed by atoms with Gasteiger partial charge in [0.2, 0.25) is 0 Å². The minimum Gasteiger partial charge on any atom is -0.365 e. The van der Waals surface area contributed by atoms with Gasteiger partial charge in [0, 0.05) is 13.1 Å². The zero-order chi connectivity index (χ0) is 10.9. The fraction of sp³-hybridized carbons (Fsp3) is 1.00. The lowest BCUT2D eigenvalue weighted by Crippen LogP contribution is -2.24. The molecule has 1 spiro atoms. The quantitative estimate of drug-likeness (QED) is 0.700. The molecule has 1 heterocycles. The van der Waals surface area contributed by atoms with Gasteiger partial charge in [0.05, 0.1) is 13.3 Å². The van der Waals surface area contributed by atoms with Crippen molar-refractivity contribution in [3.63, 3.8) is 0 Å². The van der Waals surface area contributed by atoms with Crippen LogP contribution in [0.25, 0.3) is 0 Å². The maximum absolute atomic E-state index is 5.74. The zero-order valence-electron chi connectivity index (χ0n) is 10.3. The molecule has 1 aliphatic heterocycles. The molecule has 0 amide bonds. The molecule has 1 unspecified atom stereocenters. The van der Waals surface area contributed by atoms with Crippen LogP contribution in [0.2, 0.25) is 0 Å². The Morgan fingerprint density at radius 3 is 3.07 bits per heavy atom. The Kier molecular flexibility index (Phi) is 3.33. The zero-order valence-corrected chi connectivity index (χ0v) is 10.3. The minimum atomic E-state index is 0.536. The molecule has 3 nitrogen and oxygen atoms in total. The highest BCUT2D eigenvalue weighted by Crippen LogP contribution is 2.56. The summed E-state index contributed by atoms with van der Waals surface area (Å²) in [4.78, 5) is 4.71. The molecule has 0 radical (unpaired) electrons. The van der Waals surface area contributed by atoms with Crippen molar-refractivity contribution < 1.29 is 4.74 Å². The predicted octanol–water partition coefficient (Wildman–Crippen LogP) is 1.25. The Hall–Kier alpha value is -0.120. The number of nitrogens with zero attached hydrogens (tertiary/aromatic N) is 2. The lowest BCUT2D eigenvalue weighted by Gasteiger charge is -2.18. The topological polar surface area (TPSA) is 15.7 Å². The summed E-state index contributed by atoms with van der Waals surface area (Å²) < 4.78 is 5.74. The highest BCUT2D eigenvalue weighted by Gasteiger charge is 2.54. The highest BCUT2D eigenvalue weighted by atomic mass is 16.5. The van der Waals surface area contributed by atoms with E-state index in [9.17, 15) is 0 Å². The minimum absolute atomic E-state index is 0.536. The maximum atomic E-state index is 5.74. The first-order valence-corrected chi connectivity index (χ1v) is 6.11. The SMILES string of the molecule is CCN(C)CC1C[C@]12CCN(C)COC2. The van der Waals surface area contributed by atoms with Crippen LogP contribution < -0.4 is 0 Å². The third-order valence-corrected chi connectivity index (χ3v) is 4.12. The average Bonchev–Trinajstić information content (AvgIpc) is 2.92. The van der Waals surface area contributed by atoms with Gasteiger partial charge in [-0.25, -0.2) is 0 Å². The Labute approximate surface area is 93.4 Å². The number of rotatable bonds is 3. The van der Waals surface area contributed by atoms with Crippen molar-refractivity contribution in [3.05, 3.63) is 0 Å². The summed E-state index contributed by atoms with van der Waals surface area (Å²) in [7, 11) is 4.37. The van der Waals surface area contributed by atoms with Gasteiger partial charge in [0.15, 0.2) is 0 Å². The number of hydrogen-bond acceptors (Lipinski definition) is 3. The van der Waals surface area contributed by atoms with E-state index in [4.69, 9.17) is 4.74 Å². The summed E-state index contributed by atoms with van der Waals surface area (Å²) in [6.45, 7) is 7.65. The third-order valence-electron chi connectivity index (χ3n) is 4.12. The molecular formula is C12H24N2O. The lowest BCUT2D eigenvalue weighted by atomic mass is 10.00. The van der Waals surface area contributed by atoms with Crippen molar-refractivity contribution in [2.24, 2.45) is 11.3 Å². The van der Waals surface area contributed by atoms with Crippen LogP contribution in [0.4, 0.5) is 0 Å². The summed E-state index contributed by atoms with van der Waals surface area (Å²) >= 11 is 0. The first-order valence-electron chi connectivity index (χ1n) is 6.11. The van der Waals surface area contributed by atoms with E-state index in [1.54, 1.807) is 0 Å². The molecule has 3 heteroatoms. The van der Waals surface area contributed by atoms with Crippen molar-refractivity contribution in [2.75, 3.05) is 47.1 Å². The van der Waals surface area contributed by atoms with E-state index in [0.29, 0.717) is 5.41 Å². The van der Waals surface area contributed by atoms with Gasteiger partial charge in [0.1, 0.15) is 0 Å². The first-order chi connectivity index (χ1) is 7.16. The van der Waals surface area contributed by atoms with Gasteiger partial charge in [-0.1, -0.05) is 6.92 Å². The molecule has 1 saturated carbocycles. The fourth-order valence-corrected chi connectivity index (χ4v) is 2.63. The Balaban J connectivity index is 1.83. The second-order valence-electron chi connectivity index (χ2n) is 5.43. The molecule has 0 aromatic carbocycles. The van der Waals surface area contributed by atoms with Crippen LogP contribution in [0.1, 0.15) is 19.8 Å². The fourth-order valence-electron chi connectivity index (χ4n) is 2.63. The van der Waals surface area contributed by atoms with Crippen LogP contribution in [0, 0.1) is 11.3 Å². The second-order valence-corrected chi connectivity index (χ2v) is 5.43. The smallest absolute Gasteiger partial charge is 0.0988 e. The second kappa shape index (κ2) is 4.40. The Morgan fingerprint density at radius 1 is 1.53 bits per heavy atom. The average molecular weight is 212 g/mol. The maximum Gasteiger partial charge on any atom is 0.0988 e. The Morgan fingerprint density at radius 2 is 2.33 bits per heavy atom. The van der Waals surface area contributed by atoms with E-state index in [0.717, 1.165) is 25.8 Å².